The van der Waals surface area contributed by atoms with Crippen molar-refractivity contribution in [2.45, 2.75) is 6.54 Å². The summed E-state index contributed by atoms with van der Waals surface area (Å²) in [6.07, 6.45) is 4.37. The van der Waals surface area contributed by atoms with Gasteiger partial charge in [0.2, 0.25) is 0 Å². The van der Waals surface area contributed by atoms with E-state index in [1.165, 1.54) is 18.6 Å². The smallest absolute Gasteiger partial charge is 0.271 e. The van der Waals surface area contributed by atoms with Gasteiger partial charge in [0.15, 0.2) is 0 Å². The molecule has 0 atom stereocenters. The van der Waals surface area contributed by atoms with E-state index in [0.29, 0.717) is 16.6 Å². The molecule has 6 heteroatoms. The van der Waals surface area contributed by atoms with Gasteiger partial charge in [-0.2, -0.15) is 0 Å². The number of rotatable bonds is 3. The molecule has 0 spiro atoms. The van der Waals surface area contributed by atoms with Gasteiger partial charge in [0, 0.05) is 29.0 Å². The summed E-state index contributed by atoms with van der Waals surface area (Å²) in [7, 11) is 0. The molecule has 1 N–H and O–H groups in total. The van der Waals surface area contributed by atoms with Crippen molar-refractivity contribution >= 4 is 29.1 Å². The second-order valence-electron chi connectivity index (χ2n) is 3.51. The van der Waals surface area contributed by atoms with Crippen molar-refractivity contribution in [1.82, 2.24) is 15.3 Å². The van der Waals surface area contributed by atoms with Crippen molar-refractivity contribution in [2.24, 2.45) is 0 Å². The fraction of sp³-hybridized carbons (Fsp3) is 0.0833. The largest absolute Gasteiger partial charge is 0.347 e. The second kappa shape index (κ2) is 5.80. The molecule has 1 aromatic carbocycles. The van der Waals surface area contributed by atoms with E-state index in [0.717, 1.165) is 5.56 Å². The first-order valence-corrected chi connectivity index (χ1v) is 5.90. The highest BCUT2D eigenvalue weighted by atomic mass is 35.5. The highest BCUT2D eigenvalue weighted by molar-refractivity contribution is 6.35. The Morgan fingerprint density at radius 1 is 1.28 bits per heavy atom. The summed E-state index contributed by atoms with van der Waals surface area (Å²) in [5, 5.41) is 3.78. The van der Waals surface area contributed by atoms with E-state index < -0.39 is 0 Å². The van der Waals surface area contributed by atoms with Crippen molar-refractivity contribution in [1.29, 1.82) is 0 Å². The van der Waals surface area contributed by atoms with Crippen LogP contribution in [0.1, 0.15) is 16.1 Å². The highest BCUT2D eigenvalue weighted by Crippen LogP contribution is 2.20. The molecule has 0 aliphatic rings. The molecule has 0 fully saturated rings. The van der Waals surface area contributed by atoms with Crippen LogP contribution in [-0.2, 0) is 6.54 Å². The predicted octanol–water partition coefficient (Wildman–Crippen LogP) is 2.71. The quantitative estimate of drug-likeness (QED) is 0.941. The molecule has 18 heavy (non-hydrogen) atoms. The molecule has 0 aliphatic carbocycles. The maximum atomic E-state index is 11.7. The molecule has 0 aliphatic heterocycles. The Balaban J connectivity index is 2.02. The number of carbonyl (C=O) groups excluding carboxylic acids is 1. The molecule has 1 amide bonds. The van der Waals surface area contributed by atoms with Crippen LogP contribution < -0.4 is 5.32 Å². The third kappa shape index (κ3) is 3.18. The molecular formula is C12H9Cl2N3O. The molecule has 4 nitrogen and oxygen atoms in total. The summed E-state index contributed by atoms with van der Waals surface area (Å²) in [4.78, 5) is 19.4. The van der Waals surface area contributed by atoms with Gasteiger partial charge in [0.05, 0.1) is 6.20 Å². The molecule has 2 aromatic rings. The number of benzene rings is 1. The minimum absolute atomic E-state index is 0.266. The molecule has 0 saturated carbocycles. The Morgan fingerprint density at radius 2 is 2.11 bits per heavy atom. The molecule has 0 saturated heterocycles. The summed E-state index contributed by atoms with van der Waals surface area (Å²) >= 11 is 11.8. The lowest BCUT2D eigenvalue weighted by atomic mass is 10.2. The van der Waals surface area contributed by atoms with Gasteiger partial charge >= 0.3 is 0 Å². The lowest BCUT2D eigenvalue weighted by Crippen LogP contribution is -2.24. The first-order chi connectivity index (χ1) is 8.66. The fourth-order valence-electron chi connectivity index (χ4n) is 1.35. The van der Waals surface area contributed by atoms with Gasteiger partial charge in [-0.15, -0.1) is 0 Å². The SMILES string of the molecule is O=C(NCc1ccc(Cl)cc1Cl)c1cnccn1. The summed E-state index contributed by atoms with van der Waals surface area (Å²) < 4.78 is 0. The van der Waals surface area contributed by atoms with Gasteiger partial charge in [-0.3, -0.25) is 9.78 Å². The fourth-order valence-corrected chi connectivity index (χ4v) is 1.82. The number of halogens is 2. The molecule has 1 heterocycles. The molecule has 92 valence electrons. The van der Waals surface area contributed by atoms with E-state index in [-0.39, 0.29) is 11.6 Å². The Hall–Kier alpha value is -1.65. The highest BCUT2D eigenvalue weighted by Gasteiger charge is 2.07. The van der Waals surface area contributed by atoms with E-state index >= 15 is 0 Å². The number of hydrogen-bond acceptors (Lipinski definition) is 3. The summed E-state index contributed by atoms with van der Waals surface area (Å²) in [5.41, 5.74) is 1.06. The van der Waals surface area contributed by atoms with Crippen molar-refractivity contribution in [3.63, 3.8) is 0 Å². The summed E-state index contributed by atoms with van der Waals surface area (Å²) in [6.45, 7) is 0.311. The first kappa shape index (κ1) is 12.8. The molecule has 0 radical (unpaired) electrons. The number of amides is 1. The minimum Gasteiger partial charge on any atom is -0.347 e. The van der Waals surface area contributed by atoms with Gasteiger partial charge in [-0.05, 0) is 17.7 Å². The van der Waals surface area contributed by atoms with Crippen molar-refractivity contribution in [3.05, 3.63) is 58.1 Å². The third-order valence-corrected chi connectivity index (χ3v) is 2.84. The van der Waals surface area contributed by atoms with Gasteiger partial charge in [0.25, 0.3) is 5.91 Å². The maximum absolute atomic E-state index is 11.7. The number of nitrogens with one attached hydrogen (secondary N) is 1. The standard InChI is InChI=1S/C12H9Cl2N3O/c13-9-2-1-8(10(14)5-9)6-17-12(18)11-7-15-3-4-16-11/h1-5,7H,6H2,(H,17,18). The van der Waals surface area contributed by atoms with E-state index in [4.69, 9.17) is 23.2 Å². The van der Waals surface area contributed by atoms with Crippen molar-refractivity contribution in [2.75, 3.05) is 0 Å². The van der Waals surface area contributed by atoms with Gasteiger partial charge in [-0.1, -0.05) is 29.3 Å². The average Bonchev–Trinajstić information content (AvgIpc) is 2.38. The van der Waals surface area contributed by atoms with Crippen LogP contribution in [-0.4, -0.2) is 15.9 Å². The minimum atomic E-state index is -0.297. The Morgan fingerprint density at radius 3 is 2.78 bits per heavy atom. The van der Waals surface area contributed by atoms with E-state index in [1.807, 2.05) is 0 Å². The lowest BCUT2D eigenvalue weighted by Gasteiger charge is -2.06. The van der Waals surface area contributed by atoms with E-state index in [2.05, 4.69) is 15.3 Å². The summed E-state index contributed by atoms with van der Waals surface area (Å²) in [6, 6.07) is 5.12. The van der Waals surface area contributed by atoms with Gasteiger partial charge in [0.1, 0.15) is 5.69 Å². The Bertz CT molecular complexity index is 561. The number of aromatic nitrogens is 2. The van der Waals surface area contributed by atoms with Crippen LogP contribution in [0.25, 0.3) is 0 Å². The van der Waals surface area contributed by atoms with E-state index in [1.54, 1.807) is 18.2 Å². The Labute approximate surface area is 114 Å². The zero-order valence-corrected chi connectivity index (χ0v) is 10.7. The monoisotopic (exact) mass is 281 g/mol. The zero-order valence-electron chi connectivity index (χ0n) is 9.23. The molecule has 0 bridgehead atoms. The van der Waals surface area contributed by atoms with Crippen molar-refractivity contribution < 1.29 is 4.79 Å². The van der Waals surface area contributed by atoms with Crippen LogP contribution in [0.3, 0.4) is 0 Å². The van der Waals surface area contributed by atoms with Crippen LogP contribution in [0.15, 0.2) is 36.8 Å². The van der Waals surface area contributed by atoms with Gasteiger partial charge < -0.3 is 5.32 Å². The van der Waals surface area contributed by atoms with Crippen LogP contribution in [0.2, 0.25) is 10.0 Å². The van der Waals surface area contributed by atoms with Crippen LogP contribution in [0, 0.1) is 0 Å². The number of hydrogen-bond donors (Lipinski definition) is 1. The topological polar surface area (TPSA) is 54.9 Å². The lowest BCUT2D eigenvalue weighted by molar-refractivity contribution is 0.0945. The van der Waals surface area contributed by atoms with Crippen LogP contribution in [0.5, 0.6) is 0 Å². The van der Waals surface area contributed by atoms with Gasteiger partial charge in [-0.25, -0.2) is 4.98 Å². The predicted molar refractivity (Wildman–Crippen MR) is 69.7 cm³/mol. The van der Waals surface area contributed by atoms with Crippen molar-refractivity contribution in [3.8, 4) is 0 Å². The zero-order chi connectivity index (χ0) is 13.0. The molecule has 2 rings (SSSR count). The Kier molecular flexibility index (Phi) is 4.12. The van der Waals surface area contributed by atoms with Crippen LogP contribution in [0.4, 0.5) is 0 Å². The molecular weight excluding hydrogens is 273 g/mol. The maximum Gasteiger partial charge on any atom is 0.271 e. The second-order valence-corrected chi connectivity index (χ2v) is 4.35. The van der Waals surface area contributed by atoms with Crippen LogP contribution >= 0.6 is 23.2 Å². The normalized spacial score (nSPS) is 10.1. The molecule has 0 unspecified atom stereocenters. The summed E-state index contributed by atoms with van der Waals surface area (Å²) in [5.74, 6) is -0.297. The molecule has 1 aromatic heterocycles. The first-order valence-electron chi connectivity index (χ1n) is 5.15. The average molecular weight is 282 g/mol. The third-order valence-electron chi connectivity index (χ3n) is 2.25. The number of nitrogens with zero attached hydrogens (tertiary/aromatic N) is 2. The van der Waals surface area contributed by atoms with E-state index in [9.17, 15) is 4.79 Å². The number of carbonyl (C=O) groups is 1.